The first-order valence-electron chi connectivity index (χ1n) is 8.11. The van der Waals surface area contributed by atoms with Gasteiger partial charge in [-0.05, 0) is 30.3 Å². The van der Waals surface area contributed by atoms with E-state index in [-0.39, 0.29) is 6.03 Å². The Morgan fingerprint density at radius 3 is 2.60 bits per heavy atom. The van der Waals surface area contributed by atoms with Crippen molar-refractivity contribution >= 4 is 11.7 Å². The van der Waals surface area contributed by atoms with Crippen LogP contribution in [0.5, 0.6) is 0 Å². The molecule has 0 saturated carbocycles. The highest BCUT2D eigenvalue weighted by atomic mass is 16.4. The molecule has 3 aromatic rings. The minimum atomic E-state index is -0.271. The molecule has 0 atom stereocenters. The van der Waals surface area contributed by atoms with Crippen molar-refractivity contribution in [2.24, 2.45) is 7.05 Å². The van der Waals surface area contributed by atoms with Crippen molar-refractivity contribution in [3.63, 3.8) is 0 Å². The maximum atomic E-state index is 12.0. The second kappa shape index (κ2) is 7.21. The number of oxazole rings is 1. The Hall–Kier alpha value is -3.09. The number of carbonyl (C=O) groups excluding carboxylic acids is 1. The molecule has 0 radical (unpaired) electrons. The topological polar surface area (TPSA) is 85.0 Å². The van der Waals surface area contributed by atoms with Gasteiger partial charge in [-0.3, -0.25) is 4.68 Å². The molecule has 0 bridgehead atoms. The standard InChI is InChI=1S/C18H21N5O2/c1-12(2)16-11-19-17(25-16)13-4-6-14(7-5-13)22-18(24)20-10-15-8-9-21-23(15)3/h4-9,11-12H,10H2,1-3H3,(H2,20,22,24). The van der Waals surface area contributed by atoms with Crippen LogP contribution in [0.3, 0.4) is 0 Å². The average Bonchev–Trinajstić information content (AvgIpc) is 3.23. The summed E-state index contributed by atoms with van der Waals surface area (Å²) in [5, 5.41) is 9.65. The fraction of sp³-hybridized carbons (Fsp3) is 0.278. The summed E-state index contributed by atoms with van der Waals surface area (Å²) in [6.07, 6.45) is 3.44. The first kappa shape index (κ1) is 16.8. The van der Waals surface area contributed by atoms with Crippen molar-refractivity contribution in [3.05, 3.63) is 54.2 Å². The second-order valence-electron chi connectivity index (χ2n) is 6.05. The number of aromatic nitrogens is 3. The molecule has 1 aromatic carbocycles. The monoisotopic (exact) mass is 339 g/mol. The summed E-state index contributed by atoms with van der Waals surface area (Å²) in [4.78, 5) is 16.3. The number of rotatable bonds is 5. The Balaban J connectivity index is 1.58. The molecule has 0 aliphatic heterocycles. The lowest BCUT2D eigenvalue weighted by Crippen LogP contribution is -2.28. The van der Waals surface area contributed by atoms with Gasteiger partial charge >= 0.3 is 6.03 Å². The first-order valence-corrected chi connectivity index (χ1v) is 8.11. The van der Waals surface area contributed by atoms with Crippen LogP contribution in [0, 0.1) is 0 Å². The normalized spacial score (nSPS) is 10.9. The number of nitrogens with one attached hydrogen (secondary N) is 2. The zero-order chi connectivity index (χ0) is 17.8. The van der Waals surface area contributed by atoms with Gasteiger partial charge in [-0.1, -0.05) is 13.8 Å². The fourth-order valence-electron chi connectivity index (χ4n) is 2.30. The van der Waals surface area contributed by atoms with E-state index in [4.69, 9.17) is 4.42 Å². The quantitative estimate of drug-likeness (QED) is 0.745. The summed E-state index contributed by atoms with van der Waals surface area (Å²) in [7, 11) is 1.83. The van der Waals surface area contributed by atoms with E-state index in [0.29, 0.717) is 24.0 Å². The highest BCUT2D eigenvalue weighted by Crippen LogP contribution is 2.24. The highest BCUT2D eigenvalue weighted by Gasteiger charge is 2.10. The molecule has 2 N–H and O–H groups in total. The van der Waals surface area contributed by atoms with Gasteiger partial charge in [-0.2, -0.15) is 5.10 Å². The third-order valence-electron chi connectivity index (χ3n) is 3.83. The summed E-state index contributed by atoms with van der Waals surface area (Å²) in [6.45, 7) is 4.53. The van der Waals surface area contributed by atoms with E-state index in [1.807, 2.05) is 37.4 Å². The van der Waals surface area contributed by atoms with Crippen LogP contribution in [0.25, 0.3) is 11.5 Å². The van der Waals surface area contributed by atoms with Crippen LogP contribution in [0.4, 0.5) is 10.5 Å². The molecule has 0 saturated heterocycles. The predicted molar refractivity (Wildman–Crippen MR) is 95.1 cm³/mol. The SMILES string of the molecule is CC(C)c1cnc(-c2ccc(NC(=O)NCc3ccnn3C)cc2)o1. The van der Waals surface area contributed by atoms with Gasteiger partial charge in [0.25, 0.3) is 0 Å². The van der Waals surface area contributed by atoms with Gasteiger partial charge in [0.2, 0.25) is 5.89 Å². The number of amides is 2. The van der Waals surface area contributed by atoms with Crippen molar-refractivity contribution in [2.45, 2.75) is 26.3 Å². The molecule has 25 heavy (non-hydrogen) atoms. The smallest absolute Gasteiger partial charge is 0.319 e. The summed E-state index contributed by atoms with van der Waals surface area (Å²) in [5.74, 6) is 1.73. The zero-order valence-electron chi connectivity index (χ0n) is 14.5. The van der Waals surface area contributed by atoms with Crippen molar-refractivity contribution in [3.8, 4) is 11.5 Å². The van der Waals surface area contributed by atoms with Crippen molar-refractivity contribution in [1.82, 2.24) is 20.1 Å². The molecular weight excluding hydrogens is 318 g/mol. The van der Waals surface area contributed by atoms with Gasteiger partial charge < -0.3 is 15.1 Å². The number of benzene rings is 1. The minimum absolute atomic E-state index is 0.271. The molecule has 0 spiro atoms. The number of anilines is 1. The lowest BCUT2D eigenvalue weighted by Gasteiger charge is -2.08. The van der Waals surface area contributed by atoms with Crippen LogP contribution >= 0.6 is 0 Å². The van der Waals surface area contributed by atoms with E-state index in [1.54, 1.807) is 17.1 Å². The van der Waals surface area contributed by atoms with Crippen molar-refractivity contribution in [2.75, 3.05) is 5.32 Å². The van der Waals surface area contributed by atoms with E-state index in [0.717, 1.165) is 17.0 Å². The molecule has 2 amide bonds. The van der Waals surface area contributed by atoms with Crippen molar-refractivity contribution < 1.29 is 9.21 Å². The van der Waals surface area contributed by atoms with Gasteiger partial charge in [0.15, 0.2) is 0 Å². The first-order chi connectivity index (χ1) is 12.0. The molecule has 0 unspecified atom stereocenters. The third-order valence-corrected chi connectivity index (χ3v) is 3.83. The minimum Gasteiger partial charge on any atom is -0.441 e. The Labute approximate surface area is 146 Å². The zero-order valence-corrected chi connectivity index (χ0v) is 14.5. The van der Waals surface area contributed by atoms with E-state index in [2.05, 4.69) is 34.6 Å². The maximum absolute atomic E-state index is 12.0. The molecule has 3 rings (SSSR count). The Morgan fingerprint density at radius 2 is 2.00 bits per heavy atom. The molecule has 0 aliphatic rings. The molecular formula is C18H21N5O2. The Kier molecular flexibility index (Phi) is 4.83. The lowest BCUT2D eigenvalue weighted by molar-refractivity contribution is 0.251. The molecule has 2 heterocycles. The molecule has 0 fully saturated rings. The Morgan fingerprint density at radius 1 is 1.24 bits per heavy atom. The van der Waals surface area contributed by atoms with Gasteiger partial charge in [0.1, 0.15) is 5.76 Å². The van der Waals surface area contributed by atoms with Crippen LogP contribution in [-0.2, 0) is 13.6 Å². The Bertz CT molecular complexity index is 848. The summed E-state index contributed by atoms with van der Waals surface area (Å²) in [5.41, 5.74) is 2.49. The van der Waals surface area contributed by atoms with Crippen LogP contribution in [-0.4, -0.2) is 20.8 Å². The summed E-state index contributed by atoms with van der Waals surface area (Å²) in [6, 6.07) is 8.96. The third kappa shape index (κ3) is 4.06. The van der Waals surface area contributed by atoms with E-state index in [1.165, 1.54) is 0 Å². The molecule has 7 nitrogen and oxygen atoms in total. The molecule has 0 aliphatic carbocycles. The van der Waals surface area contributed by atoms with Crippen LogP contribution in [0.1, 0.15) is 31.2 Å². The predicted octanol–water partition coefficient (Wildman–Crippen LogP) is 3.52. The second-order valence-corrected chi connectivity index (χ2v) is 6.05. The molecule has 130 valence electrons. The molecule has 2 aromatic heterocycles. The van der Waals surface area contributed by atoms with Gasteiger partial charge in [0.05, 0.1) is 18.4 Å². The number of nitrogens with zero attached hydrogens (tertiary/aromatic N) is 3. The fourth-order valence-corrected chi connectivity index (χ4v) is 2.30. The van der Waals surface area contributed by atoms with E-state index < -0.39 is 0 Å². The number of hydrogen-bond acceptors (Lipinski definition) is 4. The van der Waals surface area contributed by atoms with Gasteiger partial charge in [-0.15, -0.1) is 0 Å². The summed E-state index contributed by atoms with van der Waals surface area (Å²) >= 11 is 0. The van der Waals surface area contributed by atoms with E-state index in [9.17, 15) is 4.79 Å². The number of aryl methyl sites for hydroxylation is 1. The van der Waals surface area contributed by atoms with Gasteiger partial charge in [-0.25, -0.2) is 9.78 Å². The molecule has 7 heteroatoms. The maximum Gasteiger partial charge on any atom is 0.319 e. The van der Waals surface area contributed by atoms with Crippen LogP contribution < -0.4 is 10.6 Å². The summed E-state index contributed by atoms with van der Waals surface area (Å²) < 4.78 is 7.44. The van der Waals surface area contributed by atoms with Crippen LogP contribution in [0.2, 0.25) is 0 Å². The largest absolute Gasteiger partial charge is 0.441 e. The highest BCUT2D eigenvalue weighted by molar-refractivity contribution is 5.89. The number of carbonyl (C=O) groups is 1. The average molecular weight is 339 g/mol. The number of hydrogen-bond donors (Lipinski definition) is 2. The number of urea groups is 1. The van der Waals surface area contributed by atoms with Gasteiger partial charge in [0, 0.05) is 30.4 Å². The van der Waals surface area contributed by atoms with E-state index >= 15 is 0 Å². The van der Waals surface area contributed by atoms with Crippen LogP contribution in [0.15, 0.2) is 47.1 Å². The van der Waals surface area contributed by atoms with Crippen molar-refractivity contribution in [1.29, 1.82) is 0 Å². The lowest BCUT2D eigenvalue weighted by atomic mass is 10.2.